The lowest BCUT2D eigenvalue weighted by Gasteiger charge is -2.15. The van der Waals surface area contributed by atoms with Crippen molar-refractivity contribution >= 4 is 5.69 Å². The van der Waals surface area contributed by atoms with Gasteiger partial charge in [0, 0.05) is 24.8 Å². The topological polar surface area (TPSA) is 37.8 Å². The molecular formula is C13H15N3. The van der Waals surface area contributed by atoms with E-state index in [-0.39, 0.29) is 6.04 Å². The van der Waals surface area contributed by atoms with Crippen molar-refractivity contribution in [3.63, 3.8) is 0 Å². The molecule has 2 aromatic heterocycles. The highest BCUT2D eigenvalue weighted by molar-refractivity contribution is 5.44. The quantitative estimate of drug-likeness (QED) is 0.851. The van der Waals surface area contributed by atoms with Gasteiger partial charge in [-0.15, -0.1) is 0 Å². The molecule has 0 aliphatic carbocycles. The predicted molar refractivity (Wildman–Crippen MR) is 65.2 cm³/mol. The third-order valence-corrected chi connectivity index (χ3v) is 2.44. The van der Waals surface area contributed by atoms with E-state index >= 15 is 0 Å². The van der Waals surface area contributed by atoms with Crippen LogP contribution in [0.3, 0.4) is 0 Å². The van der Waals surface area contributed by atoms with Crippen LogP contribution >= 0.6 is 0 Å². The van der Waals surface area contributed by atoms with Gasteiger partial charge >= 0.3 is 0 Å². The maximum Gasteiger partial charge on any atom is 0.0534 e. The summed E-state index contributed by atoms with van der Waals surface area (Å²) < 4.78 is 0. The van der Waals surface area contributed by atoms with E-state index in [1.807, 2.05) is 31.6 Å². The second-order valence-corrected chi connectivity index (χ2v) is 3.90. The third-order valence-electron chi connectivity index (χ3n) is 2.44. The first-order chi connectivity index (χ1) is 7.75. The Morgan fingerprint density at radius 1 is 1.19 bits per heavy atom. The van der Waals surface area contributed by atoms with Gasteiger partial charge in [-0.2, -0.15) is 0 Å². The largest absolute Gasteiger partial charge is 0.377 e. The number of anilines is 1. The van der Waals surface area contributed by atoms with E-state index in [0.29, 0.717) is 0 Å². The van der Waals surface area contributed by atoms with Gasteiger partial charge in [0.2, 0.25) is 0 Å². The van der Waals surface area contributed by atoms with Crippen LogP contribution in [0.25, 0.3) is 0 Å². The van der Waals surface area contributed by atoms with Crippen LogP contribution in [0.5, 0.6) is 0 Å². The van der Waals surface area contributed by atoms with Crippen molar-refractivity contribution in [2.75, 3.05) is 5.32 Å². The van der Waals surface area contributed by atoms with E-state index in [0.717, 1.165) is 11.3 Å². The summed E-state index contributed by atoms with van der Waals surface area (Å²) in [4.78, 5) is 8.26. The highest BCUT2D eigenvalue weighted by Gasteiger charge is 2.04. The SMILES string of the molecule is Cc1cncc(NC(C)c2cccnc2)c1. The summed E-state index contributed by atoms with van der Waals surface area (Å²) in [5.41, 5.74) is 3.36. The van der Waals surface area contributed by atoms with Crippen LogP contribution in [-0.2, 0) is 0 Å². The van der Waals surface area contributed by atoms with Crippen LogP contribution in [0.2, 0.25) is 0 Å². The molecule has 0 saturated carbocycles. The van der Waals surface area contributed by atoms with E-state index in [9.17, 15) is 0 Å². The van der Waals surface area contributed by atoms with Crippen molar-refractivity contribution in [3.05, 3.63) is 54.1 Å². The Kier molecular flexibility index (Phi) is 3.15. The second kappa shape index (κ2) is 4.75. The van der Waals surface area contributed by atoms with Crippen molar-refractivity contribution in [1.29, 1.82) is 0 Å². The fourth-order valence-electron chi connectivity index (χ4n) is 1.60. The summed E-state index contributed by atoms with van der Waals surface area (Å²) in [7, 11) is 0. The number of rotatable bonds is 3. The fraction of sp³-hybridized carbons (Fsp3) is 0.231. The summed E-state index contributed by atoms with van der Waals surface area (Å²) in [5.74, 6) is 0. The van der Waals surface area contributed by atoms with Crippen LogP contribution in [0.4, 0.5) is 5.69 Å². The third kappa shape index (κ3) is 2.57. The second-order valence-electron chi connectivity index (χ2n) is 3.90. The first-order valence-corrected chi connectivity index (χ1v) is 5.34. The molecule has 1 N–H and O–H groups in total. The van der Waals surface area contributed by atoms with Gasteiger partial charge < -0.3 is 5.32 Å². The minimum atomic E-state index is 0.234. The van der Waals surface area contributed by atoms with Crippen molar-refractivity contribution in [2.24, 2.45) is 0 Å². The smallest absolute Gasteiger partial charge is 0.0534 e. The Balaban J connectivity index is 2.11. The number of pyridine rings is 2. The summed E-state index contributed by atoms with van der Waals surface area (Å²) in [6.07, 6.45) is 7.34. The van der Waals surface area contributed by atoms with Crippen LogP contribution in [0.15, 0.2) is 43.0 Å². The standard InChI is InChI=1S/C13H15N3/c1-10-6-13(9-15-7-10)16-11(2)12-4-3-5-14-8-12/h3-9,11,16H,1-2H3. The minimum Gasteiger partial charge on any atom is -0.377 e. The zero-order chi connectivity index (χ0) is 11.4. The maximum atomic E-state index is 4.15. The van der Waals surface area contributed by atoms with Gasteiger partial charge in [0.1, 0.15) is 0 Å². The molecule has 16 heavy (non-hydrogen) atoms. The lowest BCUT2D eigenvalue weighted by molar-refractivity contribution is 0.873. The molecule has 0 saturated heterocycles. The van der Waals surface area contributed by atoms with Crippen LogP contribution in [0, 0.1) is 6.92 Å². The first-order valence-electron chi connectivity index (χ1n) is 5.34. The first kappa shape index (κ1) is 10.6. The lowest BCUT2D eigenvalue weighted by atomic mass is 10.1. The molecule has 0 aromatic carbocycles. The Morgan fingerprint density at radius 2 is 2.06 bits per heavy atom. The molecule has 0 amide bonds. The van der Waals surface area contributed by atoms with E-state index in [1.165, 1.54) is 5.56 Å². The van der Waals surface area contributed by atoms with Gasteiger partial charge in [0.05, 0.1) is 11.7 Å². The average molecular weight is 213 g/mol. The molecule has 3 heteroatoms. The summed E-state index contributed by atoms with van der Waals surface area (Å²) in [6.45, 7) is 4.15. The molecule has 0 spiro atoms. The van der Waals surface area contributed by atoms with Crippen molar-refractivity contribution in [1.82, 2.24) is 9.97 Å². The molecule has 2 rings (SSSR count). The van der Waals surface area contributed by atoms with Gasteiger partial charge in [-0.25, -0.2) is 0 Å². The van der Waals surface area contributed by atoms with Gasteiger partial charge in [-0.1, -0.05) is 6.07 Å². The average Bonchev–Trinajstić information content (AvgIpc) is 2.30. The summed E-state index contributed by atoms with van der Waals surface area (Å²) in [5, 5.41) is 3.40. The van der Waals surface area contributed by atoms with Gasteiger partial charge in [0.25, 0.3) is 0 Å². The molecule has 2 aromatic rings. The number of aromatic nitrogens is 2. The van der Waals surface area contributed by atoms with Crippen LogP contribution in [-0.4, -0.2) is 9.97 Å². The molecule has 3 nitrogen and oxygen atoms in total. The lowest BCUT2D eigenvalue weighted by Crippen LogP contribution is -2.07. The van der Waals surface area contributed by atoms with Gasteiger partial charge in [-0.3, -0.25) is 9.97 Å². The zero-order valence-electron chi connectivity index (χ0n) is 9.51. The summed E-state index contributed by atoms with van der Waals surface area (Å²) in [6, 6.07) is 6.33. The number of nitrogens with one attached hydrogen (secondary N) is 1. The van der Waals surface area contributed by atoms with Crippen LogP contribution < -0.4 is 5.32 Å². The number of nitrogens with zero attached hydrogens (tertiary/aromatic N) is 2. The van der Waals surface area contributed by atoms with Gasteiger partial charge in [-0.05, 0) is 37.1 Å². The number of hydrogen-bond acceptors (Lipinski definition) is 3. The normalized spacial score (nSPS) is 12.1. The van der Waals surface area contributed by atoms with E-state index < -0.39 is 0 Å². The molecule has 1 unspecified atom stereocenters. The highest BCUT2D eigenvalue weighted by atomic mass is 14.9. The Bertz CT molecular complexity index is 454. The molecule has 0 bridgehead atoms. The maximum absolute atomic E-state index is 4.15. The Labute approximate surface area is 95.6 Å². The van der Waals surface area contributed by atoms with E-state index in [2.05, 4.69) is 34.3 Å². The van der Waals surface area contributed by atoms with E-state index in [1.54, 1.807) is 6.20 Å². The van der Waals surface area contributed by atoms with Crippen molar-refractivity contribution in [2.45, 2.75) is 19.9 Å². The molecule has 82 valence electrons. The molecule has 2 heterocycles. The minimum absolute atomic E-state index is 0.234. The van der Waals surface area contributed by atoms with E-state index in [4.69, 9.17) is 0 Å². The zero-order valence-corrected chi connectivity index (χ0v) is 9.51. The van der Waals surface area contributed by atoms with Gasteiger partial charge in [0.15, 0.2) is 0 Å². The van der Waals surface area contributed by atoms with Crippen LogP contribution in [0.1, 0.15) is 24.1 Å². The highest BCUT2D eigenvalue weighted by Crippen LogP contribution is 2.17. The Morgan fingerprint density at radius 3 is 2.75 bits per heavy atom. The molecule has 1 atom stereocenters. The molecule has 0 aliphatic heterocycles. The molecule has 0 radical (unpaired) electrons. The number of aryl methyl sites for hydroxylation is 1. The molecular weight excluding hydrogens is 198 g/mol. The Hall–Kier alpha value is -1.90. The van der Waals surface area contributed by atoms with Crippen molar-refractivity contribution < 1.29 is 0 Å². The monoisotopic (exact) mass is 213 g/mol. The summed E-state index contributed by atoms with van der Waals surface area (Å²) >= 11 is 0. The predicted octanol–water partition coefficient (Wildman–Crippen LogP) is 2.96. The molecule has 0 aliphatic rings. The van der Waals surface area contributed by atoms with Crippen molar-refractivity contribution in [3.8, 4) is 0 Å². The fourth-order valence-corrected chi connectivity index (χ4v) is 1.60. The molecule has 0 fully saturated rings. The number of hydrogen-bond donors (Lipinski definition) is 1.